The molecular formula is C18H25NO2. The van der Waals surface area contributed by atoms with Gasteiger partial charge in [-0.25, -0.2) is 0 Å². The monoisotopic (exact) mass is 287 g/mol. The van der Waals surface area contributed by atoms with Gasteiger partial charge < -0.3 is 9.84 Å². The average molecular weight is 287 g/mol. The van der Waals surface area contributed by atoms with E-state index in [1.807, 2.05) is 6.07 Å². The maximum absolute atomic E-state index is 8.85. The van der Waals surface area contributed by atoms with E-state index in [4.69, 9.17) is 9.84 Å². The molecule has 0 radical (unpaired) electrons. The summed E-state index contributed by atoms with van der Waals surface area (Å²) < 4.78 is 5.32. The second kappa shape index (κ2) is 8.07. The standard InChI is InChI=1S/C18H25NO2/c1-19(17-8-4-3-5-9-17)14-15-10-11-18(21-2)16(13-15)7-6-12-20/h10-11,13,17,20H,3-5,8-9,12,14H2,1-2H3. The highest BCUT2D eigenvalue weighted by molar-refractivity contribution is 5.48. The van der Waals surface area contributed by atoms with Crippen molar-refractivity contribution in [1.82, 2.24) is 4.90 Å². The lowest BCUT2D eigenvalue weighted by Crippen LogP contribution is -2.32. The summed E-state index contributed by atoms with van der Waals surface area (Å²) in [6.07, 6.45) is 6.71. The molecule has 0 atom stereocenters. The van der Waals surface area contributed by atoms with Crippen molar-refractivity contribution < 1.29 is 9.84 Å². The van der Waals surface area contributed by atoms with Crippen molar-refractivity contribution in [3.8, 4) is 17.6 Å². The van der Waals surface area contributed by atoms with E-state index in [1.165, 1.54) is 37.7 Å². The highest BCUT2D eigenvalue weighted by atomic mass is 16.5. The zero-order valence-corrected chi connectivity index (χ0v) is 13.1. The Hall–Kier alpha value is -1.50. The molecule has 1 fully saturated rings. The molecule has 114 valence electrons. The van der Waals surface area contributed by atoms with Crippen LogP contribution < -0.4 is 4.74 Å². The van der Waals surface area contributed by atoms with Gasteiger partial charge in [-0.1, -0.05) is 37.2 Å². The van der Waals surface area contributed by atoms with Gasteiger partial charge in [-0.2, -0.15) is 0 Å². The second-order valence-corrected chi connectivity index (χ2v) is 5.70. The van der Waals surface area contributed by atoms with Crippen LogP contribution in [0, 0.1) is 11.8 Å². The Labute approximate surface area is 127 Å². The summed E-state index contributed by atoms with van der Waals surface area (Å²) in [6.45, 7) is 0.803. The molecule has 0 heterocycles. The van der Waals surface area contributed by atoms with Gasteiger partial charge in [0.15, 0.2) is 0 Å². The fourth-order valence-electron chi connectivity index (χ4n) is 3.02. The Kier molecular flexibility index (Phi) is 6.10. The topological polar surface area (TPSA) is 32.7 Å². The van der Waals surface area contributed by atoms with Gasteiger partial charge in [0.25, 0.3) is 0 Å². The molecule has 0 spiro atoms. The Bertz CT molecular complexity index is 510. The van der Waals surface area contributed by atoms with Gasteiger partial charge in [0, 0.05) is 12.6 Å². The molecule has 0 unspecified atom stereocenters. The van der Waals surface area contributed by atoms with Crippen molar-refractivity contribution in [3.05, 3.63) is 29.3 Å². The summed E-state index contributed by atoms with van der Waals surface area (Å²) >= 11 is 0. The van der Waals surface area contributed by atoms with Gasteiger partial charge in [0.2, 0.25) is 0 Å². The molecule has 2 rings (SSSR count). The first-order chi connectivity index (χ1) is 10.2. The van der Waals surface area contributed by atoms with Gasteiger partial charge in [-0.15, -0.1) is 0 Å². The number of aliphatic hydroxyl groups is 1. The molecule has 0 bridgehead atoms. The van der Waals surface area contributed by atoms with E-state index in [9.17, 15) is 0 Å². The summed E-state index contributed by atoms with van der Waals surface area (Å²) in [5.74, 6) is 6.42. The largest absolute Gasteiger partial charge is 0.495 e. The maximum atomic E-state index is 8.85. The molecule has 3 heteroatoms. The second-order valence-electron chi connectivity index (χ2n) is 5.70. The lowest BCUT2D eigenvalue weighted by atomic mass is 9.94. The molecule has 1 aliphatic rings. The maximum Gasteiger partial charge on any atom is 0.134 e. The Balaban J connectivity index is 2.08. The minimum atomic E-state index is -0.130. The predicted molar refractivity (Wildman–Crippen MR) is 85.3 cm³/mol. The van der Waals surface area contributed by atoms with E-state index in [1.54, 1.807) is 7.11 Å². The third-order valence-electron chi connectivity index (χ3n) is 4.20. The fourth-order valence-corrected chi connectivity index (χ4v) is 3.02. The van der Waals surface area contributed by atoms with Crippen LogP contribution in [0.15, 0.2) is 18.2 Å². The smallest absolute Gasteiger partial charge is 0.134 e. The number of ether oxygens (including phenoxy) is 1. The number of nitrogens with zero attached hydrogens (tertiary/aromatic N) is 1. The first kappa shape index (κ1) is 15.9. The van der Waals surface area contributed by atoms with E-state index in [2.05, 4.69) is 35.9 Å². The zero-order valence-electron chi connectivity index (χ0n) is 13.1. The lowest BCUT2D eigenvalue weighted by molar-refractivity contribution is 0.184. The number of hydrogen-bond donors (Lipinski definition) is 1. The summed E-state index contributed by atoms with van der Waals surface area (Å²) in [4.78, 5) is 2.45. The van der Waals surface area contributed by atoms with Crippen molar-refractivity contribution >= 4 is 0 Å². The minimum Gasteiger partial charge on any atom is -0.495 e. The van der Waals surface area contributed by atoms with Crippen LogP contribution >= 0.6 is 0 Å². The van der Waals surface area contributed by atoms with Crippen LogP contribution in [-0.2, 0) is 6.54 Å². The van der Waals surface area contributed by atoms with Crippen molar-refractivity contribution in [1.29, 1.82) is 0 Å². The van der Waals surface area contributed by atoms with E-state index in [0.717, 1.165) is 17.9 Å². The summed E-state index contributed by atoms with van der Waals surface area (Å²) in [5.41, 5.74) is 2.09. The first-order valence-corrected chi connectivity index (χ1v) is 7.71. The predicted octanol–water partition coefficient (Wildman–Crippen LogP) is 2.80. The third-order valence-corrected chi connectivity index (χ3v) is 4.20. The van der Waals surface area contributed by atoms with Crippen molar-refractivity contribution in [2.45, 2.75) is 44.7 Å². The van der Waals surface area contributed by atoms with E-state index in [-0.39, 0.29) is 6.61 Å². The van der Waals surface area contributed by atoms with Gasteiger partial charge in [0.1, 0.15) is 12.4 Å². The Morgan fingerprint density at radius 2 is 2.05 bits per heavy atom. The van der Waals surface area contributed by atoms with Crippen LogP contribution in [0.3, 0.4) is 0 Å². The molecule has 1 N–H and O–H groups in total. The number of hydrogen-bond acceptors (Lipinski definition) is 3. The van der Waals surface area contributed by atoms with Gasteiger partial charge in [-0.3, -0.25) is 4.90 Å². The molecule has 0 amide bonds. The third kappa shape index (κ3) is 4.49. The summed E-state index contributed by atoms with van der Waals surface area (Å²) in [7, 11) is 3.85. The molecule has 0 aromatic heterocycles. The zero-order chi connectivity index (χ0) is 15.1. The molecule has 3 nitrogen and oxygen atoms in total. The number of aliphatic hydroxyl groups excluding tert-OH is 1. The number of benzene rings is 1. The fraction of sp³-hybridized carbons (Fsp3) is 0.556. The molecule has 1 aliphatic carbocycles. The summed E-state index contributed by atoms with van der Waals surface area (Å²) in [5, 5.41) is 8.85. The SMILES string of the molecule is COc1ccc(CN(C)C2CCCCC2)cc1C#CCO. The van der Waals surface area contributed by atoms with Crippen LogP contribution in [0.25, 0.3) is 0 Å². The van der Waals surface area contributed by atoms with E-state index in [0.29, 0.717) is 6.04 Å². The van der Waals surface area contributed by atoms with Crippen LogP contribution in [-0.4, -0.2) is 36.8 Å². The highest BCUT2D eigenvalue weighted by Gasteiger charge is 2.18. The van der Waals surface area contributed by atoms with Crippen molar-refractivity contribution in [2.24, 2.45) is 0 Å². The van der Waals surface area contributed by atoms with Gasteiger partial charge in [-0.05, 0) is 37.6 Å². The Morgan fingerprint density at radius 1 is 1.29 bits per heavy atom. The lowest BCUT2D eigenvalue weighted by Gasteiger charge is -2.31. The molecule has 21 heavy (non-hydrogen) atoms. The van der Waals surface area contributed by atoms with Crippen LogP contribution in [0.2, 0.25) is 0 Å². The van der Waals surface area contributed by atoms with E-state index < -0.39 is 0 Å². The molecule has 1 saturated carbocycles. The molecule has 1 aromatic rings. The minimum absolute atomic E-state index is 0.130. The normalized spacial score (nSPS) is 15.6. The van der Waals surface area contributed by atoms with Crippen LogP contribution in [0.1, 0.15) is 43.2 Å². The molecule has 1 aromatic carbocycles. The quantitative estimate of drug-likeness (QED) is 0.864. The number of methoxy groups -OCH3 is 1. The Morgan fingerprint density at radius 3 is 2.71 bits per heavy atom. The highest BCUT2D eigenvalue weighted by Crippen LogP contribution is 2.24. The van der Waals surface area contributed by atoms with Gasteiger partial charge >= 0.3 is 0 Å². The van der Waals surface area contributed by atoms with Crippen molar-refractivity contribution in [3.63, 3.8) is 0 Å². The van der Waals surface area contributed by atoms with Gasteiger partial charge in [0.05, 0.1) is 12.7 Å². The van der Waals surface area contributed by atoms with E-state index >= 15 is 0 Å². The average Bonchev–Trinajstić information content (AvgIpc) is 2.54. The first-order valence-electron chi connectivity index (χ1n) is 7.71. The number of rotatable bonds is 4. The molecule has 0 saturated heterocycles. The van der Waals surface area contributed by atoms with Crippen LogP contribution in [0.4, 0.5) is 0 Å². The van der Waals surface area contributed by atoms with Crippen molar-refractivity contribution in [2.75, 3.05) is 20.8 Å². The molecule has 0 aliphatic heterocycles. The molecular weight excluding hydrogens is 262 g/mol. The van der Waals surface area contributed by atoms with Crippen LogP contribution in [0.5, 0.6) is 5.75 Å². The summed E-state index contributed by atoms with van der Waals surface area (Å²) in [6, 6.07) is 6.84.